The van der Waals surface area contributed by atoms with E-state index in [0.717, 1.165) is 50.7 Å². The minimum absolute atomic E-state index is 0.347. The first-order valence-electron chi connectivity index (χ1n) is 9.30. The first kappa shape index (κ1) is 15.3. The lowest BCUT2D eigenvalue weighted by Gasteiger charge is -2.41. The Balaban J connectivity index is 1.49. The normalized spacial score (nSPS) is 34.5. The average Bonchev–Trinajstić information content (AvgIpc) is 2.55. The summed E-state index contributed by atoms with van der Waals surface area (Å²) in [5, 5.41) is 3.52. The zero-order valence-electron chi connectivity index (χ0n) is 13.7. The highest BCUT2D eigenvalue weighted by Gasteiger charge is 2.37. The molecule has 2 saturated carbocycles. The van der Waals surface area contributed by atoms with Crippen LogP contribution in [0.5, 0.6) is 0 Å². The molecule has 0 aromatic heterocycles. The molecule has 1 amide bonds. The van der Waals surface area contributed by atoms with E-state index in [2.05, 4.69) is 17.1 Å². The van der Waals surface area contributed by atoms with Crippen LogP contribution in [0.3, 0.4) is 0 Å². The number of nitrogens with one attached hydrogen (secondary N) is 1. The third-order valence-corrected chi connectivity index (χ3v) is 6.19. The molecule has 3 aliphatic rings. The monoisotopic (exact) mass is 292 g/mol. The van der Waals surface area contributed by atoms with Crippen molar-refractivity contribution in [3.63, 3.8) is 0 Å². The van der Waals surface area contributed by atoms with E-state index in [0.29, 0.717) is 17.9 Å². The molecule has 2 aliphatic carbocycles. The maximum Gasteiger partial charge on any atom is 0.225 e. The van der Waals surface area contributed by atoms with Gasteiger partial charge < -0.3 is 10.2 Å². The van der Waals surface area contributed by atoms with E-state index in [1.165, 1.54) is 38.5 Å². The number of carbonyl (C=O) groups excluding carboxylic acids is 1. The summed E-state index contributed by atoms with van der Waals surface area (Å²) in [6, 6.07) is 0.633. The first-order chi connectivity index (χ1) is 10.3. The van der Waals surface area contributed by atoms with Gasteiger partial charge in [-0.25, -0.2) is 0 Å². The number of hydrogen-bond acceptors (Lipinski definition) is 2. The van der Waals surface area contributed by atoms with E-state index in [1.54, 1.807) is 0 Å². The number of carbonyl (C=O) groups is 1. The third kappa shape index (κ3) is 3.61. The van der Waals surface area contributed by atoms with Crippen molar-refractivity contribution in [2.75, 3.05) is 19.6 Å². The largest absolute Gasteiger partial charge is 0.342 e. The van der Waals surface area contributed by atoms with Gasteiger partial charge in [0.25, 0.3) is 0 Å². The highest BCUT2D eigenvalue weighted by molar-refractivity contribution is 5.79. The smallest absolute Gasteiger partial charge is 0.225 e. The number of rotatable bonds is 3. The van der Waals surface area contributed by atoms with Gasteiger partial charge in [-0.15, -0.1) is 0 Å². The topological polar surface area (TPSA) is 32.3 Å². The summed E-state index contributed by atoms with van der Waals surface area (Å²) in [6.45, 7) is 5.16. The lowest BCUT2D eigenvalue weighted by Crippen LogP contribution is -2.47. The Bertz CT molecular complexity index is 349. The number of fused-ring (bicyclic) bond motifs is 1. The standard InChI is InChI=1S/C18H32N2O/c1-2-19-17-9-11-20(12-10-17)18(21)16-8-7-14-5-3-4-6-15(14)13-16/h14-17,19H,2-13H2,1H3. The molecule has 0 radical (unpaired) electrons. The zero-order chi connectivity index (χ0) is 14.7. The van der Waals surface area contributed by atoms with E-state index in [-0.39, 0.29) is 0 Å². The minimum Gasteiger partial charge on any atom is -0.342 e. The van der Waals surface area contributed by atoms with Crippen molar-refractivity contribution < 1.29 is 4.79 Å². The molecule has 0 spiro atoms. The Hall–Kier alpha value is -0.570. The van der Waals surface area contributed by atoms with Gasteiger partial charge in [-0.05, 0) is 50.5 Å². The summed E-state index contributed by atoms with van der Waals surface area (Å²) in [4.78, 5) is 15.0. The quantitative estimate of drug-likeness (QED) is 0.866. The minimum atomic E-state index is 0.347. The second-order valence-corrected chi connectivity index (χ2v) is 7.47. The molecule has 0 aromatic carbocycles. The van der Waals surface area contributed by atoms with E-state index < -0.39 is 0 Å². The van der Waals surface area contributed by atoms with Crippen molar-refractivity contribution in [2.24, 2.45) is 17.8 Å². The summed E-state index contributed by atoms with van der Waals surface area (Å²) < 4.78 is 0. The van der Waals surface area contributed by atoms with Crippen LogP contribution in [0.2, 0.25) is 0 Å². The van der Waals surface area contributed by atoms with Gasteiger partial charge in [0, 0.05) is 25.0 Å². The van der Waals surface area contributed by atoms with E-state index in [4.69, 9.17) is 0 Å². The number of amides is 1. The summed E-state index contributed by atoms with van der Waals surface area (Å²) in [5.41, 5.74) is 0. The molecule has 3 fully saturated rings. The SMILES string of the molecule is CCNC1CCN(C(=O)C2CCC3CCCCC3C2)CC1. The van der Waals surface area contributed by atoms with Gasteiger partial charge in [-0.1, -0.05) is 32.6 Å². The van der Waals surface area contributed by atoms with Gasteiger partial charge in [-0.3, -0.25) is 4.79 Å². The summed E-state index contributed by atoms with van der Waals surface area (Å²) >= 11 is 0. The Morgan fingerprint density at radius 2 is 1.71 bits per heavy atom. The highest BCUT2D eigenvalue weighted by Crippen LogP contribution is 2.43. The van der Waals surface area contributed by atoms with Crippen molar-refractivity contribution in [1.82, 2.24) is 10.2 Å². The Morgan fingerprint density at radius 1 is 1.00 bits per heavy atom. The lowest BCUT2D eigenvalue weighted by molar-refractivity contribution is -0.139. The van der Waals surface area contributed by atoms with Crippen LogP contribution in [-0.4, -0.2) is 36.5 Å². The van der Waals surface area contributed by atoms with Gasteiger partial charge in [0.15, 0.2) is 0 Å². The lowest BCUT2D eigenvalue weighted by atomic mass is 9.67. The molecule has 1 saturated heterocycles. The fraction of sp³-hybridized carbons (Fsp3) is 0.944. The van der Waals surface area contributed by atoms with Crippen molar-refractivity contribution in [2.45, 2.75) is 70.8 Å². The number of hydrogen-bond donors (Lipinski definition) is 1. The molecular formula is C18H32N2O. The first-order valence-corrected chi connectivity index (χ1v) is 9.30. The van der Waals surface area contributed by atoms with Crippen LogP contribution < -0.4 is 5.32 Å². The fourth-order valence-electron chi connectivity index (χ4n) is 4.95. The van der Waals surface area contributed by atoms with Crippen LogP contribution in [0.25, 0.3) is 0 Å². The van der Waals surface area contributed by atoms with E-state index in [9.17, 15) is 4.79 Å². The molecule has 3 rings (SSSR count). The Kier molecular flexibility index (Phi) is 5.20. The summed E-state index contributed by atoms with van der Waals surface area (Å²) in [6.07, 6.45) is 11.6. The maximum absolute atomic E-state index is 12.8. The van der Waals surface area contributed by atoms with Crippen molar-refractivity contribution in [3.8, 4) is 0 Å². The highest BCUT2D eigenvalue weighted by atomic mass is 16.2. The molecule has 120 valence electrons. The van der Waals surface area contributed by atoms with E-state index in [1.807, 2.05) is 0 Å². The molecule has 3 nitrogen and oxygen atoms in total. The van der Waals surface area contributed by atoms with Crippen molar-refractivity contribution in [1.29, 1.82) is 0 Å². The van der Waals surface area contributed by atoms with Crippen molar-refractivity contribution in [3.05, 3.63) is 0 Å². The molecule has 3 atom stereocenters. The predicted octanol–water partition coefficient (Wildman–Crippen LogP) is 3.19. The van der Waals surface area contributed by atoms with Crippen LogP contribution in [0.15, 0.2) is 0 Å². The molecule has 1 heterocycles. The average molecular weight is 292 g/mol. The molecule has 1 aliphatic heterocycles. The number of likely N-dealkylation sites (tertiary alicyclic amines) is 1. The van der Waals surface area contributed by atoms with Gasteiger partial charge in [-0.2, -0.15) is 0 Å². The fourth-order valence-corrected chi connectivity index (χ4v) is 4.95. The Labute approximate surface area is 129 Å². The van der Waals surface area contributed by atoms with Gasteiger partial charge in [0.2, 0.25) is 5.91 Å². The van der Waals surface area contributed by atoms with E-state index >= 15 is 0 Å². The van der Waals surface area contributed by atoms with Crippen LogP contribution in [0, 0.1) is 17.8 Å². The summed E-state index contributed by atoms with van der Waals surface area (Å²) in [7, 11) is 0. The van der Waals surface area contributed by atoms with Gasteiger partial charge >= 0.3 is 0 Å². The second kappa shape index (κ2) is 7.13. The van der Waals surface area contributed by atoms with Gasteiger partial charge in [0.05, 0.1) is 0 Å². The molecule has 3 heteroatoms. The molecule has 3 unspecified atom stereocenters. The molecule has 0 aromatic rings. The van der Waals surface area contributed by atoms with Crippen LogP contribution >= 0.6 is 0 Å². The maximum atomic E-state index is 12.8. The van der Waals surface area contributed by atoms with Crippen LogP contribution in [0.1, 0.15) is 64.7 Å². The zero-order valence-corrected chi connectivity index (χ0v) is 13.7. The third-order valence-electron chi connectivity index (χ3n) is 6.19. The molecule has 1 N–H and O–H groups in total. The molecule has 21 heavy (non-hydrogen) atoms. The number of piperidine rings is 1. The molecule has 0 bridgehead atoms. The number of nitrogens with zero attached hydrogens (tertiary/aromatic N) is 1. The van der Waals surface area contributed by atoms with Crippen LogP contribution in [-0.2, 0) is 4.79 Å². The predicted molar refractivity (Wildman–Crippen MR) is 86.1 cm³/mol. The van der Waals surface area contributed by atoms with Crippen LogP contribution in [0.4, 0.5) is 0 Å². The second-order valence-electron chi connectivity index (χ2n) is 7.47. The molecular weight excluding hydrogens is 260 g/mol. The Morgan fingerprint density at radius 3 is 2.43 bits per heavy atom. The van der Waals surface area contributed by atoms with Gasteiger partial charge in [0.1, 0.15) is 0 Å². The summed E-state index contributed by atoms with van der Waals surface area (Å²) in [5.74, 6) is 2.64. The van der Waals surface area contributed by atoms with Crippen molar-refractivity contribution >= 4 is 5.91 Å².